The Morgan fingerprint density at radius 3 is 2.54 bits per heavy atom. The molecule has 5 nitrogen and oxygen atoms in total. The zero-order valence-electron chi connectivity index (χ0n) is 14.5. The molecular formula is C18H16BrCl3N4OS. The molecule has 0 fully saturated rings. The number of benzene rings is 1. The second kappa shape index (κ2) is 10.4. The van der Waals surface area contributed by atoms with Gasteiger partial charge in [0.15, 0.2) is 5.11 Å². The average molecular weight is 523 g/mol. The van der Waals surface area contributed by atoms with Crippen LogP contribution in [0.1, 0.15) is 11.1 Å². The van der Waals surface area contributed by atoms with Crippen LogP contribution in [0.5, 0.6) is 0 Å². The summed E-state index contributed by atoms with van der Waals surface area (Å²) in [5, 5.41) is 8.36. The maximum absolute atomic E-state index is 12.2. The minimum atomic E-state index is -1.85. The van der Waals surface area contributed by atoms with E-state index in [1.54, 1.807) is 12.3 Å². The summed E-state index contributed by atoms with van der Waals surface area (Å²) < 4.78 is -1.13. The van der Waals surface area contributed by atoms with Crippen molar-refractivity contribution in [1.82, 2.24) is 15.6 Å². The lowest BCUT2D eigenvalue weighted by Crippen LogP contribution is -2.55. The molecule has 1 aromatic carbocycles. The van der Waals surface area contributed by atoms with Gasteiger partial charge in [-0.1, -0.05) is 65.1 Å². The van der Waals surface area contributed by atoms with Gasteiger partial charge in [0.05, 0.1) is 4.47 Å². The van der Waals surface area contributed by atoms with E-state index >= 15 is 0 Å². The number of hydrogen-bond donors (Lipinski definition) is 3. The first-order chi connectivity index (χ1) is 13.1. The van der Waals surface area contributed by atoms with Gasteiger partial charge in [-0.25, -0.2) is 4.98 Å². The van der Waals surface area contributed by atoms with Gasteiger partial charge >= 0.3 is 0 Å². The van der Waals surface area contributed by atoms with Gasteiger partial charge in [0.25, 0.3) is 0 Å². The van der Waals surface area contributed by atoms with E-state index in [-0.39, 0.29) is 5.11 Å². The predicted molar refractivity (Wildman–Crippen MR) is 124 cm³/mol. The molecule has 1 aromatic heterocycles. The second-order valence-electron chi connectivity index (χ2n) is 5.67. The molecule has 0 spiro atoms. The quantitative estimate of drug-likeness (QED) is 0.224. The summed E-state index contributed by atoms with van der Waals surface area (Å²) in [5.74, 6) is 0.0339. The summed E-state index contributed by atoms with van der Waals surface area (Å²) >= 11 is 26.6. The molecule has 0 saturated carbocycles. The normalized spacial score (nSPS) is 12.5. The van der Waals surface area contributed by atoms with Gasteiger partial charge < -0.3 is 16.0 Å². The number of halogens is 4. The summed E-state index contributed by atoms with van der Waals surface area (Å²) in [5.41, 5.74) is 1.84. The van der Waals surface area contributed by atoms with Crippen LogP contribution in [0.25, 0.3) is 6.08 Å². The number of anilines is 1. The highest BCUT2D eigenvalue weighted by molar-refractivity contribution is 9.10. The van der Waals surface area contributed by atoms with Crippen molar-refractivity contribution in [2.24, 2.45) is 0 Å². The smallest absolute Gasteiger partial charge is 0.245 e. The minimum absolute atomic E-state index is 0.126. The van der Waals surface area contributed by atoms with Crippen LogP contribution in [0.15, 0.2) is 53.1 Å². The van der Waals surface area contributed by atoms with Crippen LogP contribution in [0.4, 0.5) is 5.82 Å². The highest BCUT2D eigenvalue weighted by Crippen LogP contribution is 2.29. The summed E-state index contributed by atoms with van der Waals surface area (Å²) in [6.07, 6.45) is 3.59. The Morgan fingerprint density at radius 2 is 1.93 bits per heavy atom. The van der Waals surface area contributed by atoms with Gasteiger partial charge in [-0.15, -0.1) is 0 Å². The number of thiocarbonyl (C=S) groups is 1. The average Bonchev–Trinajstić information content (AvgIpc) is 2.62. The third-order valence-electron chi connectivity index (χ3n) is 3.33. The fourth-order valence-corrected chi connectivity index (χ4v) is 3.13. The van der Waals surface area contributed by atoms with E-state index in [2.05, 4.69) is 36.9 Å². The van der Waals surface area contributed by atoms with Crippen molar-refractivity contribution in [2.75, 3.05) is 5.32 Å². The van der Waals surface area contributed by atoms with E-state index in [0.29, 0.717) is 5.82 Å². The van der Waals surface area contributed by atoms with Gasteiger partial charge in [-0.05, 0) is 58.3 Å². The van der Waals surface area contributed by atoms with E-state index in [9.17, 15) is 4.79 Å². The molecule has 0 aliphatic rings. The fourth-order valence-electron chi connectivity index (χ4n) is 2.03. The van der Waals surface area contributed by atoms with Gasteiger partial charge in [0.1, 0.15) is 12.0 Å². The van der Waals surface area contributed by atoms with E-state index in [0.717, 1.165) is 15.6 Å². The van der Waals surface area contributed by atoms with Gasteiger partial charge in [-0.2, -0.15) is 0 Å². The summed E-state index contributed by atoms with van der Waals surface area (Å²) in [6, 6.07) is 11.2. The largest absolute Gasteiger partial charge is 0.339 e. The van der Waals surface area contributed by atoms with Gasteiger partial charge in [0, 0.05) is 12.3 Å². The Bertz CT molecular complexity index is 875. The Morgan fingerprint density at radius 1 is 1.25 bits per heavy atom. The SMILES string of the molecule is Cc1cnc(NC(=S)NC(NC(=O)C=Cc2ccccc2)C(Cl)(Cl)Cl)c(Br)c1. The molecule has 28 heavy (non-hydrogen) atoms. The van der Waals surface area contributed by atoms with Crippen molar-refractivity contribution in [1.29, 1.82) is 0 Å². The van der Waals surface area contributed by atoms with Gasteiger partial charge in [0.2, 0.25) is 9.70 Å². The lowest BCUT2D eigenvalue weighted by atomic mass is 10.2. The molecule has 1 amide bonds. The third kappa shape index (κ3) is 7.56. The zero-order valence-corrected chi connectivity index (χ0v) is 19.2. The highest BCUT2D eigenvalue weighted by Gasteiger charge is 2.34. The molecule has 0 saturated heterocycles. The third-order valence-corrected chi connectivity index (χ3v) is 4.80. The molecule has 2 aromatic rings. The number of pyridine rings is 1. The Balaban J connectivity index is 2.02. The van der Waals surface area contributed by atoms with Crippen molar-refractivity contribution in [3.8, 4) is 0 Å². The number of aromatic nitrogens is 1. The molecule has 0 bridgehead atoms. The molecule has 0 aliphatic heterocycles. The molecule has 0 radical (unpaired) electrons. The zero-order chi connectivity index (χ0) is 20.7. The van der Waals surface area contributed by atoms with Crippen molar-refractivity contribution in [3.63, 3.8) is 0 Å². The van der Waals surface area contributed by atoms with Crippen LogP contribution in [0, 0.1) is 6.92 Å². The van der Waals surface area contributed by atoms with E-state index < -0.39 is 15.9 Å². The first-order valence-electron chi connectivity index (χ1n) is 7.95. The Labute approximate surface area is 192 Å². The first-order valence-corrected chi connectivity index (χ1v) is 10.3. The Hall–Kier alpha value is -1.38. The standard InChI is InChI=1S/C18H16BrCl3N4OS/c1-11-9-13(19)15(23-10-11)25-17(28)26-16(18(20,21)22)24-14(27)8-7-12-5-3-2-4-6-12/h2-10,16H,1H3,(H,24,27)(H2,23,25,26,28). The van der Waals surface area contributed by atoms with E-state index in [4.69, 9.17) is 47.0 Å². The topological polar surface area (TPSA) is 66.1 Å². The predicted octanol–water partition coefficient (Wildman–Crippen LogP) is 4.96. The van der Waals surface area contributed by atoms with Crippen LogP contribution in [0.2, 0.25) is 0 Å². The highest BCUT2D eigenvalue weighted by atomic mass is 79.9. The van der Waals surface area contributed by atoms with Crippen molar-refractivity contribution in [3.05, 3.63) is 64.3 Å². The maximum Gasteiger partial charge on any atom is 0.245 e. The number of carbonyl (C=O) groups excluding carboxylic acids is 1. The molecular weight excluding hydrogens is 507 g/mol. The molecule has 0 aliphatic carbocycles. The lowest BCUT2D eigenvalue weighted by Gasteiger charge is -2.27. The van der Waals surface area contributed by atoms with E-state index in [1.807, 2.05) is 43.3 Å². The van der Waals surface area contributed by atoms with Crippen molar-refractivity contribution < 1.29 is 4.79 Å². The molecule has 2 rings (SSSR count). The number of rotatable bonds is 5. The number of hydrogen-bond acceptors (Lipinski definition) is 3. The summed E-state index contributed by atoms with van der Waals surface area (Å²) in [6.45, 7) is 1.91. The van der Waals surface area contributed by atoms with Crippen molar-refractivity contribution in [2.45, 2.75) is 16.9 Å². The molecule has 3 N–H and O–H groups in total. The molecule has 1 unspecified atom stereocenters. The Kier molecular flexibility index (Phi) is 8.52. The maximum atomic E-state index is 12.2. The van der Waals surface area contributed by atoms with E-state index in [1.165, 1.54) is 6.08 Å². The van der Waals surface area contributed by atoms with Crippen LogP contribution >= 0.6 is 63.0 Å². The molecule has 1 heterocycles. The van der Waals surface area contributed by atoms with Crippen LogP contribution in [-0.2, 0) is 4.79 Å². The van der Waals surface area contributed by atoms with Crippen LogP contribution in [-0.4, -0.2) is 26.0 Å². The first kappa shape index (κ1) is 22.9. The number of nitrogens with one attached hydrogen (secondary N) is 3. The number of amides is 1. The molecule has 1 atom stereocenters. The summed E-state index contributed by atoms with van der Waals surface area (Å²) in [4.78, 5) is 16.4. The van der Waals surface area contributed by atoms with Crippen molar-refractivity contribution >= 4 is 85.9 Å². The van der Waals surface area contributed by atoms with Gasteiger partial charge in [-0.3, -0.25) is 4.79 Å². The number of nitrogens with zero attached hydrogens (tertiary/aromatic N) is 1. The fraction of sp³-hybridized carbons (Fsp3) is 0.167. The number of alkyl halides is 3. The molecule has 10 heteroatoms. The minimum Gasteiger partial charge on any atom is -0.339 e. The lowest BCUT2D eigenvalue weighted by molar-refractivity contribution is -0.117. The molecule has 148 valence electrons. The monoisotopic (exact) mass is 520 g/mol. The van der Waals surface area contributed by atoms with Crippen LogP contribution in [0.3, 0.4) is 0 Å². The second-order valence-corrected chi connectivity index (χ2v) is 9.30. The van der Waals surface area contributed by atoms with Crippen LogP contribution < -0.4 is 16.0 Å². The number of aryl methyl sites for hydroxylation is 1. The number of carbonyl (C=O) groups is 1. The summed E-state index contributed by atoms with van der Waals surface area (Å²) in [7, 11) is 0.